The highest BCUT2D eigenvalue weighted by Crippen LogP contribution is 2.21. The van der Waals surface area contributed by atoms with Crippen LogP contribution in [0.15, 0.2) is 18.2 Å². The van der Waals surface area contributed by atoms with Gasteiger partial charge in [-0.1, -0.05) is 36.2 Å². The largest absolute Gasteiger partial charge is 0.355 e. The van der Waals surface area contributed by atoms with E-state index in [1.807, 2.05) is 6.92 Å². The zero-order valence-electron chi connectivity index (χ0n) is 10.6. The SMILES string of the molecule is CCCNC(=O)CNC(=O)Cc1ccc(Cl)cc1Cl. The molecule has 2 N–H and O–H groups in total. The van der Waals surface area contributed by atoms with Gasteiger partial charge in [-0.15, -0.1) is 0 Å². The van der Waals surface area contributed by atoms with Crippen molar-refractivity contribution in [2.75, 3.05) is 13.1 Å². The summed E-state index contributed by atoms with van der Waals surface area (Å²) in [4.78, 5) is 22.9. The lowest BCUT2D eigenvalue weighted by Crippen LogP contribution is -2.37. The highest BCUT2D eigenvalue weighted by atomic mass is 35.5. The van der Waals surface area contributed by atoms with Crippen LogP contribution in [0.3, 0.4) is 0 Å². The average Bonchev–Trinajstić information content (AvgIpc) is 2.37. The average molecular weight is 303 g/mol. The smallest absolute Gasteiger partial charge is 0.239 e. The molecule has 0 aliphatic rings. The maximum Gasteiger partial charge on any atom is 0.239 e. The standard InChI is InChI=1S/C13H16Cl2N2O2/c1-2-5-16-13(19)8-17-12(18)6-9-3-4-10(14)7-11(9)15/h3-4,7H,2,5-6,8H2,1H3,(H,16,19)(H,17,18). The summed E-state index contributed by atoms with van der Waals surface area (Å²) in [6.45, 7) is 2.54. The highest BCUT2D eigenvalue weighted by Gasteiger charge is 2.09. The van der Waals surface area contributed by atoms with E-state index in [0.29, 0.717) is 22.2 Å². The van der Waals surface area contributed by atoms with Gasteiger partial charge in [0, 0.05) is 16.6 Å². The third kappa shape index (κ3) is 5.94. The quantitative estimate of drug-likeness (QED) is 0.846. The van der Waals surface area contributed by atoms with E-state index < -0.39 is 0 Å². The zero-order chi connectivity index (χ0) is 14.3. The Balaban J connectivity index is 2.41. The van der Waals surface area contributed by atoms with Crippen LogP contribution in [0.25, 0.3) is 0 Å². The van der Waals surface area contributed by atoms with Crippen molar-refractivity contribution >= 4 is 35.0 Å². The fourth-order valence-electron chi connectivity index (χ4n) is 1.41. The molecule has 0 heterocycles. The third-order valence-corrected chi connectivity index (χ3v) is 2.97. The van der Waals surface area contributed by atoms with Gasteiger partial charge in [0.15, 0.2) is 0 Å². The molecule has 1 aromatic rings. The Labute approximate surface area is 122 Å². The number of nitrogens with one attached hydrogen (secondary N) is 2. The summed E-state index contributed by atoms with van der Waals surface area (Å²) in [6, 6.07) is 4.95. The minimum atomic E-state index is -0.254. The number of hydrogen-bond acceptors (Lipinski definition) is 2. The lowest BCUT2D eigenvalue weighted by atomic mass is 10.1. The van der Waals surface area contributed by atoms with Gasteiger partial charge >= 0.3 is 0 Å². The van der Waals surface area contributed by atoms with Crippen LogP contribution >= 0.6 is 23.2 Å². The first-order valence-corrected chi connectivity index (χ1v) is 6.76. The minimum absolute atomic E-state index is 0.0238. The zero-order valence-corrected chi connectivity index (χ0v) is 12.1. The normalized spacial score (nSPS) is 10.1. The van der Waals surface area contributed by atoms with Crippen molar-refractivity contribution in [3.05, 3.63) is 33.8 Å². The Morgan fingerprint density at radius 2 is 1.89 bits per heavy atom. The summed E-state index contributed by atoms with van der Waals surface area (Å²) in [5.74, 6) is -0.451. The molecule has 0 radical (unpaired) electrons. The minimum Gasteiger partial charge on any atom is -0.355 e. The van der Waals surface area contributed by atoms with Crippen LogP contribution in [-0.4, -0.2) is 24.9 Å². The fraction of sp³-hybridized carbons (Fsp3) is 0.385. The Morgan fingerprint density at radius 3 is 2.53 bits per heavy atom. The van der Waals surface area contributed by atoms with Crippen molar-refractivity contribution in [1.29, 1.82) is 0 Å². The summed E-state index contributed by atoms with van der Waals surface area (Å²) in [7, 11) is 0. The van der Waals surface area contributed by atoms with Gasteiger partial charge in [0.1, 0.15) is 0 Å². The number of rotatable bonds is 6. The summed E-state index contributed by atoms with van der Waals surface area (Å²) in [6.07, 6.45) is 0.983. The molecular formula is C13H16Cl2N2O2. The van der Waals surface area contributed by atoms with Gasteiger partial charge in [0.2, 0.25) is 11.8 Å². The van der Waals surface area contributed by atoms with Crippen molar-refractivity contribution in [2.24, 2.45) is 0 Å². The van der Waals surface area contributed by atoms with Gasteiger partial charge in [-0.25, -0.2) is 0 Å². The Kier molecular flexibility index (Phi) is 6.67. The second kappa shape index (κ2) is 8.02. The molecule has 0 unspecified atom stereocenters. The first-order chi connectivity index (χ1) is 9.02. The molecule has 1 rings (SSSR count). The van der Waals surface area contributed by atoms with Crippen LogP contribution in [-0.2, 0) is 16.0 Å². The molecule has 2 amide bonds. The number of hydrogen-bond donors (Lipinski definition) is 2. The maximum absolute atomic E-state index is 11.6. The third-order valence-electron chi connectivity index (χ3n) is 2.38. The number of carbonyl (C=O) groups is 2. The lowest BCUT2D eigenvalue weighted by Gasteiger charge is -2.07. The van der Waals surface area contributed by atoms with Crippen LogP contribution in [0.4, 0.5) is 0 Å². The van der Waals surface area contributed by atoms with Gasteiger partial charge in [-0.3, -0.25) is 9.59 Å². The molecule has 0 saturated heterocycles. The second-order valence-corrected chi connectivity index (χ2v) is 4.88. The van der Waals surface area contributed by atoms with Crippen molar-refractivity contribution < 1.29 is 9.59 Å². The summed E-state index contributed by atoms with van der Waals surface area (Å²) in [5.41, 5.74) is 0.678. The number of amides is 2. The van der Waals surface area contributed by atoms with Crippen LogP contribution < -0.4 is 10.6 Å². The van der Waals surface area contributed by atoms with E-state index in [1.54, 1.807) is 18.2 Å². The van der Waals surface area contributed by atoms with E-state index in [9.17, 15) is 9.59 Å². The number of benzene rings is 1. The first-order valence-electron chi connectivity index (χ1n) is 6.00. The van der Waals surface area contributed by atoms with Crippen LogP contribution in [0.5, 0.6) is 0 Å². The van der Waals surface area contributed by atoms with E-state index >= 15 is 0 Å². The molecule has 0 saturated carbocycles. The van der Waals surface area contributed by atoms with Crippen molar-refractivity contribution in [3.63, 3.8) is 0 Å². The predicted octanol–water partition coefficient (Wildman–Crippen LogP) is 2.18. The van der Waals surface area contributed by atoms with Gasteiger partial charge in [-0.2, -0.15) is 0 Å². The highest BCUT2D eigenvalue weighted by molar-refractivity contribution is 6.35. The monoisotopic (exact) mass is 302 g/mol. The number of carbonyl (C=O) groups excluding carboxylic acids is 2. The molecule has 104 valence electrons. The van der Waals surface area contributed by atoms with E-state index in [1.165, 1.54) is 0 Å². The molecule has 0 aromatic heterocycles. The van der Waals surface area contributed by atoms with Gasteiger partial charge in [-0.05, 0) is 24.1 Å². The predicted molar refractivity (Wildman–Crippen MR) is 76.5 cm³/mol. The second-order valence-electron chi connectivity index (χ2n) is 4.04. The van der Waals surface area contributed by atoms with Crippen LogP contribution in [0.1, 0.15) is 18.9 Å². The van der Waals surface area contributed by atoms with Gasteiger partial charge in [0.05, 0.1) is 13.0 Å². The molecule has 0 fully saturated rings. The summed E-state index contributed by atoms with van der Waals surface area (Å²) < 4.78 is 0. The van der Waals surface area contributed by atoms with Gasteiger partial charge < -0.3 is 10.6 Å². The fourth-order valence-corrected chi connectivity index (χ4v) is 1.88. The van der Waals surface area contributed by atoms with E-state index in [4.69, 9.17) is 23.2 Å². The maximum atomic E-state index is 11.6. The van der Waals surface area contributed by atoms with E-state index in [0.717, 1.165) is 6.42 Å². The van der Waals surface area contributed by atoms with Crippen molar-refractivity contribution in [3.8, 4) is 0 Å². The molecule has 0 aliphatic carbocycles. The molecule has 0 spiro atoms. The molecule has 19 heavy (non-hydrogen) atoms. The molecular weight excluding hydrogens is 287 g/mol. The molecule has 0 aliphatic heterocycles. The Morgan fingerprint density at radius 1 is 1.16 bits per heavy atom. The van der Waals surface area contributed by atoms with E-state index in [-0.39, 0.29) is 24.8 Å². The first kappa shape index (κ1) is 15.8. The molecule has 1 aromatic carbocycles. The summed E-state index contributed by atoms with van der Waals surface area (Å²) in [5, 5.41) is 6.18. The molecule has 4 nitrogen and oxygen atoms in total. The molecule has 0 atom stereocenters. The van der Waals surface area contributed by atoms with Crippen molar-refractivity contribution in [1.82, 2.24) is 10.6 Å². The lowest BCUT2D eigenvalue weighted by molar-refractivity contribution is -0.125. The van der Waals surface area contributed by atoms with Crippen LogP contribution in [0, 0.1) is 0 Å². The Bertz CT molecular complexity index is 464. The molecule has 0 bridgehead atoms. The summed E-state index contributed by atoms with van der Waals surface area (Å²) >= 11 is 11.7. The van der Waals surface area contributed by atoms with E-state index in [2.05, 4.69) is 10.6 Å². The Hall–Kier alpha value is -1.26. The van der Waals surface area contributed by atoms with Crippen molar-refractivity contribution in [2.45, 2.75) is 19.8 Å². The topological polar surface area (TPSA) is 58.2 Å². The number of halogens is 2. The van der Waals surface area contributed by atoms with Gasteiger partial charge in [0.25, 0.3) is 0 Å². The molecule has 6 heteroatoms. The van der Waals surface area contributed by atoms with Crippen LogP contribution in [0.2, 0.25) is 10.0 Å².